The van der Waals surface area contributed by atoms with Crippen molar-refractivity contribution in [1.29, 1.82) is 0 Å². The molecule has 0 bridgehead atoms. The third kappa shape index (κ3) is 4.47. The molecule has 1 atom stereocenters. The fraction of sp³-hybridized carbons (Fsp3) is 0.909. The van der Waals surface area contributed by atoms with E-state index in [2.05, 4.69) is 14.7 Å². The van der Waals surface area contributed by atoms with E-state index in [1.807, 2.05) is 21.1 Å². The van der Waals surface area contributed by atoms with Crippen molar-refractivity contribution >= 4 is 5.97 Å². The van der Waals surface area contributed by atoms with Gasteiger partial charge in [-0.2, -0.15) is 0 Å². The van der Waals surface area contributed by atoms with Gasteiger partial charge in [0.25, 0.3) is 0 Å². The Morgan fingerprint density at radius 2 is 2.06 bits per heavy atom. The third-order valence-electron chi connectivity index (χ3n) is 3.02. The molecule has 0 aromatic heterocycles. The molecule has 5 nitrogen and oxygen atoms in total. The Bertz CT molecular complexity index is 233. The van der Waals surface area contributed by atoms with Crippen LogP contribution in [-0.4, -0.2) is 86.2 Å². The first-order chi connectivity index (χ1) is 7.49. The number of hydrogen-bond acceptors (Lipinski definition) is 4. The van der Waals surface area contributed by atoms with E-state index in [4.69, 9.17) is 5.11 Å². The predicted molar refractivity (Wildman–Crippen MR) is 63.6 cm³/mol. The van der Waals surface area contributed by atoms with Crippen molar-refractivity contribution in [2.45, 2.75) is 0 Å². The van der Waals surface area contributed by atoms with E-state index < -0.39 is 5.97 Å². The molecule has 0 spiro atoms. The molecule has 1 rings (SSSR count). The summed E-state index contributed by atoms with van der Waals surface area (Å²) < 4.78 is 0. The van der Waals surface area contributed by atoms with E-state index in [1.54, 1.807) is 0 Å². The lowest BCUT2D eigenvalue weighted by Crippen LogP contribution is -2.37. The third-order valence-corrected chi connectivity index (χ3v) is 3.02. The van der Waals surface area contributed by atoms with Crippen LogP contribution < -0.4 is 0 Å². The molecule has 5 heteroatoms. The number of rotatable bonds is 4. The summed E-state index contributed by atoms with van der Waals surface area (Å²) >= 11 is 0. The first-order valence-electron chi connectivity index (χ1n) is 5.77. The zero-order chi connectivity index (χ0) is 12.1. The minimum Gasteiger partial charge on any atom is -0.481 e. The molecule has 0 radical (unpaired) electrons. The maximum absolute atomic E-state index is 11.1. The van der Waals surface area contributed by atoms with Crippen LogP contribution in [0.5, 0.6) is 0 Å². The number of nitrogens with zero attached hydrogens (tertiary/aromatic N) is 3. The second-order valence-electron chi connectivity index (χ2n) is 4.90. The van der Waals surface area contributed by atoms with Crippen molar-refractivity contribution in [2.75, 3.05) is 60.4 Å². The summed E-state index contributed by atoms with van der Waals surface area (Å²) in [5.41, 5.74) is 0. The zero-order valence-electron chi connectivity index (χ0n) is 10.5. The lowest BCUT2D eigenvalue weighted by molar-refractivity contribution is -0.142. The van der Waals surface area contributed by atoms with Gasteiger partial charge >= 0.3 is 5.97 Å². The SMILES string of the molecule is CN(C)CCN1CCN(C)CC(C(=O)O)C1. The summed E-state index contributed by atoms with van der Waals surface area (Å²) in [5.74, 6) is -0.932. The highest BCUT2D eigenvalue weighted by Crippen LogP contribution is 2.08. The van der Waals surface area contributed by atoms with Crippen molar-refractivity contribution in [2.24, 2.45) is 5.92 Å². The number of carboxylic acid groups (broad SMARTS) is 1. The molecule has 1 saturated heterocycles. The van der Waals surface area contributed by atoms with Crippen LogP contribution in [0.4, 0.5) is 0 Å². The fourth-order valence-electron chi connectivity index (χ4n) is 1.94. The van der Waals surface area contributed by atoms with Crippen LogP contribution in [0.25, 0.3) is 0 Å². The maximum atomic E-state index is 11.1. The van der Waals surface area contributed by atoms with Crippen LogP contribution >= 0.6 is 0 Å². The van der Waals surface area contributed by atoms with Gasteiger partial charge in [-0.1, -0.05) is 0 Å². The Morgan fingerprint density at radius 3 is 2.62 bits per heavy atom. The Kier molecular flexibility index (Phi) is 5.18. The highest BCUT2D eigenvalue weighted by Gasteiger charge is 2.25. The number of aliphatic carboxylic acids is 1. The van der Waals surface area contributed by atoms with Gasteiger partial charge in [0.2, 0.25) is 0 Å². The van der Waals surface area contributed by atoms with Crippen molar-refractivity contribution in [3.63, 3.8) is 0 Å². The first kappa shape index (κ1) is 13.4. The molecular formula is C11H23N3O2. The second kappa shape index (κ2) is 6.18. The average Bonchev–Trinajstić information content (AvgIpc) is 2.37. The molecule has 1 unspecified atom stereocenters. The number of carboxylic acids is 1. The number of carbonyl (C=O) groups is 1. The average molecular weight is 229 g/mol. The lowest BCUT2D eigenvalue weighted by atomic mass is 10.1. The number of hydrogen-bond donors (Lipinski definition) is 1. The normalized spacial score (nSPS) is 24.6. The Balaban J connectivity index is 2.48. The Labute approximate surface area is 97.6 Å². The van der Waals surface area contributed by atoms with Crippen molar-refractivity contribution in [1.82, 2.24) is 14.7 Å². The molecule has 0 aromatic rings. The topological polar surface area (TPSA) is 47.0 Å². The van der Waals surface area contributed by atoms with Gasteiger partial charge in [0.15, 0.2) is 0 Å². The zero-order valence-corrected chi connectivity index (χ0v) is 10.5. The largest absolute Gasteiger partial charge is 0.481 e. The molecule has 1 aliphatic rings. The van der Waals surface area contributed by atoms with Crippen LogP contribution in [0, 0.1) is 5.92 Å². The standard InChI is InChI=1S/C11H23N3O2/c1-12(2)4-6-14-7-5-13(3)8-10(9-14)11(15)16/h10H,4-9H2,1-3H3,(H,15,16). The van der Waals surface area contributed by atoms with Gasteiger partial charge in [-0.15, -0.1) is 0 Å². The van der Waals surface area contributed by atoms with Gasteiger partial charge < -0.3 is 14.9 Å². The van der Waals surface area contributed by atoms with Crippen molar-refractivity contribution < 1.29 is 9.90 Å². The molecule has 0 saturated carbocycles. The van der Waals surface area contributed by atoms with Gasteiger partial charge in [0.05, 0.1) is 5.92 Å². The van der Waals surface area contributed by atoms with E-state index >= 15 is 0 Å². The van der Waals surface area contributed by atoms with Crippen LogP contribution in [0.2, 0.25) is 0 Å². The summed E-state index contributed by atoms with van der Waals surface area (Å²) in [7, 11) is 6.07. The van der Waals surface area contributed by atoms with E-state index in [0.717, 1.165) is 26.2 Å². The van der Waals surface area contributed by atoms with E-state index in [9.17, 15) is 4.79 Å². The Hall–Kier alpha value is -0.650. The molecular weight excluding hydrogens is 206 g/mol. The molecule has 0 amide bonds. The van der Waals surface area contributed by atoms with E-state index in [0.29, 0.717) is 13.1 Å². The smallest absolute Gasteiger partial charge is 0.309 e. The van der Waals surface area contributed by atoms with Gasteiger partial charge in [-0.3, -0.25) is 9.69 Å². The van der Waals surface area contributed by atoms with Gasteiger partial charge in [-0.25, -0.2) is 0 Å². The quantitative estimate of drug-likeness (QED) is 0.704. The summed E-state index contributed by atoms with van der Waals surface area (Å²) in [5, 5.41) is 9.11. The lowest BCUT2D eigenvalue weighted by Gasteiger charge is -2.23. The summed E-state index contributed by atoms with van der Waals surface area (Å²) in [6.45, 7) is 5.19. The highest BCUT2D eigenvalue weighted by molar-refractivity contribution is 5.70. The van der Waals surface area contributed by atoms with E-state index in [1.165, 1.54) is 0 Å². The molecule has 1 heterocycles. The summed E-state index contributed by atoms with van der Waals surface area (Å²) in [6.07, 6.45) is 0. The minimum atomic E-state index is -0.677. The van der Waals surface area contributed by atoms with E-state index in [-0.39, 0.29) is 5.92 Å². The first-order valence-corrected chi connectivity index (χ1v) is 5.77. The maximum Gasteiger partial charge on any atom is 0.309 e. The molecule has 94 valence electrons. The monoisotopic (exact) mass is 229 g/mol. The highest BCUT2D eigenvalue weighted by atomic mass is 16.4. The molecule has 1 aliphatic heterocycles. The molecule has 0 aromatic carbocycles. The molecule has 1 fully saturated rings. The molecule has 0 aliphatic carbocycles. The van der Waals surface area contributed by atoms with Crippen molar-refractivity contribution in [3.8, 4) is 0 Å². The fourth-order valence-corrected chi connectivity index (χ4v) is 1.94. The predicted octanol–water partition coefficient (Wildman–Crippen LogP) is -0.504. The van der Waals surface area contributed by atoms with Crippen LogP contribution in [0.3, 0.4) is 0 Å². The van der Waals surface area contributed by atoms with Crippen molar-refractivity contribution in [3.05, 3.63) is 0 Å². The minimum absolute atomic E-state index is 0.255. The molecule has 1 N–H and O–H groups in total. The second-order valence-corrected chi connectivity index (χ2v) is 4.90. The van der Waals surface area contributed by atoms with Crippen LogP contribution in [-0.2, 0) is 4.79 Å². The molecule has 16 heavy (non-hydrogen) atoms. The Morgan fingerprint density at radius 1 is 1.38 bits per heavy atom. The van der Waals surface area contributed by atoms with Crippen LogP contribution in [0.1, 0.15) is 0 Å². The summed E-state index contributed by atoms with van der Waals surface area (Å²) in [6, 6.07) is 0. The van der Waals surface area contributed by atoms with Gasteiger partial charge in [-0.05, 0) is 21.1 Å². The van der Waals surface area contributed by atoms with Gasteiger partial charge in [0.1, 0.15) is 0 Å². The van der Waals surface area contributed by atoms with Gasteiger partial charge in [0, 0.05) is 39.3 Å². The van der Waals surface area contributed by atoms with Crippen LogP contribution in [0.15, 0.2) is 0 Å². The number of likely N-dealkylation sites (N-methyl/N-ethyl adjacent to an activating group) is 2. The summed E-state index contributed by atoms with van der Waals surface area (Å²) in [4.78, 5) is 17.6.